The molecule has 0 amide bonds. The van der Waals surface area contributed by atoms with Crippen LogP contribution in [-0.2, 0) is 4.74 Å². The molecule has 0 heterocycles. The molecule has 94 valence electrons. The molecule has 5 nitrogen and oxygen atoms in total. The van der Waals surface area contributed by atoms with Gasteiger partial charge in [0.2, 0.25) is 0 Å². The van der Waals surface area contributed by atoms with Crippen LogP contribution in [0.3, 0.4) is 0 Å². The molecule has 0 saturated carbocycles. The molecule has 0 aliphatic heterocycles. The maximum atomic E-state index is 11.8. The van der Waals surface area contributed by atoms with Gasteiger partial charge in [-0.15, -0.1) is 0 Å². The van der Waals surface area contributed by atoms with Crippen molar-refractivity contribution in [1.82, 2.24) is 0 Å². The van der Waals surface area contributed by atoms with Gasteiger partial charge < -0.3 is 19.9 Å². The van der Waals surface area contributed by atoms with Crippen LogP contribution in [0, 0.1) is 0 Å². The molecular formula is C12H17NO4. The van der Waals surface area contributed by atoms with Crippen LogP contribution in [0.4, 0.5) is 0 Å². The van der Waals surface area contributed by atoms with Crippen LogP contribution >= 0.6 is 0 Å². The summed E-state index contributed by atoms with van der Waals surface area (Å²) in [5.41, 5.74) is 5.75. The van der Waals surface area contributed by atoms with Crippen molar-refractivity contribution in [2.75, 3.05) is 34.0 Å². The quantitative estimate of drug-likeness (QED) is 0.564. The van der Waals surface area contributed by atoms with Crippen LogP contribution in [0.15, 0.2) is 18.2 Å². The second-order valence-corrected chi connectivity index (χ2v) is 3.33. The number of carbonyl (C=O) groups excluding carboxylic acids is 1. The Morgan fingerprint density at radius 1 is 1.29 bits per heavy atom. The number of hydrogen-bond acceptors (Lipinski definition) is 5. The fraction of sp³-hybridized carbons (Fsp3) is 0.417. The third-order valence-corrected chi connectivity index (χ3v) is 2.20. The molecule has 0 atom stereocenters. The number of Topliss-reactive ketones (excluding diaryl/α,β-unsaturated/α-hetero) is 1. The number of ketones is 1. The molecule has 0 spiro atoms. The van der Waals surface area contributed by atoms with Gasteiger partial charge in [0.05, 0.1) is 26.4 Å². The minimum atomic E-state index is -0.141. The predicted molar refractivity (Wildman–Crippen MR) is 63.7 cm³/mol. The van der Waals surface area contributed by atoms with Gasteiger partial charge in [0, 0.05) is 12.6 Å². The Labute approximate surface area is 100 Å². The molecule has 1 aromatic carbocycles. The van der Waals surface area contributed by atoms with Gasteiger partial charge in [0.1, 0.15) is 18.1 Å². The summed E-state index contributed by atoms with van der Waals surface area (Å²) in [4.78, 5) is 11.8. The predicted octanol–water partition coefficient (Wildman–Crippen LogP) is 0.862. The molecule has 0 radical (unpaired) electrons. The minimum absolute atomic E-state index is 0.000110. The van der Waals surface area contributed by atoms with Crippen LogP contribution in [0.25, 0.3) is 0 Å². The normalized spacial score (nSPS) is 10.1. The Bertz CT molecular complexity index is 379. The zero-order chi connectivity index (χ0) is 12.7. The van der Waals surface area contributed by atoms with Crippen molar-refractivity contribution in [2.45, 2.75) is 0 Å². The third-order valence-electron chi connectivity index (χ3n) is 2.20. The molecule has 1 aromatic rings. The van der Waals surface area contributed by atoms with Gasteiger partial charge in [0.25, 0.3) is 0 Å². The van der Waals surface area contributed by atoms with E-state index in [1.165, 1.54) is 7.11 Å². The van der Waals surface area contributed by atoms with E-state index in [9.17, 15) is 4.79 Å². The molecule has 0 aliphatic carbocycles. The van der Waals surface area contributed by atoms with Crippen molar-refractivity contribution >= 4 is 5.78 Å². The highest BCUT2D eigenvalue weighted by Gasteiger charge is 2.13. The van der Waals surface area contributed by atoms with E-state index in [1.54, 1.807) is 25.3 Å². The zero-order valence-corrected chi connectivity index (χ0v) is 10.1. The van der Waals surface area contributed by atoms with Crippen LogP contribution in [0.5, 0.6) is 11.5 Å². The lowest BCUT2D eigenvalue weighted by molar-refractivity contribution is 0.0771. The number of carbonyl (C=O) groups is 1. The Kier molecular flexibility index (Phi) is 5.45. The Morgan fingerprint density at radius 2 is 2.06 bits per heavy atom. The van der Waals surface area contributed by atoms with E-state index in [0.717, 1.165) is 0 Å². The SMILES string of the molecule is COc1ccc(C(=O)COCCN)c(OC)c1. The number of hydrogen-bond donors (Lipinski definition) is 1. The van der Waals surface area contributed by atoms with Crippen LogP contribution in [0.2, 0.25) is 0 Å². The first-order valence-corrected chi connectivity index (χ1v) is 5.26. The standard InChI is InChI=1S/C12H17NO4/c1-15-9-3-4-10(12(7-9)16-2)11(14)8-17-6-5-13/h3-4,7H,5-6,8,13H2,1-2H3. The van der Waals surface area contributed by atoms with E-state index in [-0.39, 0.29) is 12.4 Å². The van der Waals surface area contributed by atoms with E-state index in [4.69, 9.17) is 19.9 Å². The molecule has 0 aliphatic rings. The maximum absolute atomic E-state index is 11.8. The molecular weight excluding hydrogens is 222 g/mol. The van der Waals surface area contributed by atoms with Gasteiger partial charge in [-0.3, -0.25) is 4.79 Å². The highest BCUT2D eigenvalue weighted by molar-refractivity contribution is 5.99. The van der Waals surface area contributed by atoms with E-state index in [0.29, 0.717) is 30.2 Å². The molecule has 17 heavy (non-hydrogen) atoms. The Morgan fingerprint density at radius 3 is 2.65 bits per heavy atom. The fourth-order valence-corrected chi connectivity index (χ4v) is 1.35. The second-order valence-electron chi connectivity index (χ2n) is 3.33. The molecule has 0 aromatic heterocycles. The average Bonchev–Trinajstić information content (AvgIpc) is 2.38. The molecule has 1 rings (SSSR count). The first-order valence-electron chi connectivity index (χ1n) is 5.26. The molecule has 0 bridgehead atoms. The van der Waals surface area contributed by atoms with Crippen molar-refractivity contribution in [3.05, 3.63) is 23.8 Å². The summed E-state index contributed by atoms with van der Waals surface area (Å²) < 4.78 is 15.3. The summed E-state index contributed by atoms with van der Waals surface area (Å²) in [6.45, 7) is 0.761. The van der Waals surface area contributed by atoms with Crippen LogP contribution in [0.1, 0.15) is 10.4 Å². The van der Waals surface area contributed by atoms with Gasteiger partial charge in [-0.05, 0) is 12.1 Å². The van der Waals surface area contributed by atoms with Crippen molar-refractivity contribution in [3.63, 3.8) is 0 Å². The first kappa shape index (κ1) is 13.5. The third kappa shape index (κ3) is 3.72. The number of methoxy groups -OCH3 is 2. The second kappa shape index (κ2) is 6.88. The highest BCUT2D eigenvalue weighted by Crippen LogP contribution is 2.24. The molecule has 0 fully saturated rings. The van der Waals surface area contributed by atoms with Crippen LogP contribution in [-0.4, -0.2) is 39.8 Å². The van der Waals surface area contributed by atoms with Gasteiger partial charge in [-0.2, -0.15) is 0 Å². The average molecular weight is 239 g/mol. The fourth-order valence-electron chi connectivity index (χ4n) is 1.35. The van der Waals surface area contributed by atoms with E-state index < -0.39 is 0 Å². The van der Waals surface area contributed by atoms with Crippen molar-refractivity contribution < 1.29 is 19.0 Å². The van der Waals surface area contributed by atoms with E-state index >= 15 is 0 Å². The van der Waals surface area contributed by atoms with Gasteiger partial charge in [-0.1, -0.05) is 0 Å². The number of ether oxygens (including phenoxy) is 3. The Balaban J connectivity index is 2.78. The van der Waals surface area contributed by atoms with Gasteiger partial charge in [0.15, 0.2) is 5.78 Å². The summed E-state index contributed by atoms with van der Waals surface area (Å²) in [7, 11) is 3.06. The smallest absolute Gasteiger partial charge is 0.192 e. The lowest BCUT2D eigenvalue weighted by Gasteiger charge is -2.09. The largest absolute Gasteiger partial charge is 0.497 e. The summed E-state index contributed by atoms with van der Waals surface area (Å²) in [5, 5.41) is 0. The van der Waals surface area contributed by atoms with Crippen molar-refractivity contribution in [1.29, 1.82) is 0 Å². The molecule has 2 N–H and O–H groups in total. The van der Waals surface area contributed by atoms with Crippen molar-refractivity contribution in [3.8, 4) is 11.5 Å². The summed E-state index contributed by atoms with van der Waals surface area (Å²) in [5.74, 6) is 0.977. The maximum Gasteiger partial charge on any atom is 0.192 e. The lowest BCUT2D eigenvalue weighted by atomic mass is 10.1. The summed E-state index contributed by atoms with van der Waals surface area (Å²) >= 11 is 0. The lowest BCUT2D eigenvalue weighted by Crippen LogP contribution is -2.15. The number of rotatable bonds is 7. The highest BCUT2D eigenvalue weighted by atomic mass is 16.5. The monoisotopic (exact) mass is 239 g/mol. The number of nitrogens with two attached hydrogens (primary N) is 1. The van der Waals surface area contributed by atoms with Gasteiger partial charge in [-0.25, -0.2) is 0 Å². The van der Waals surface area contributed by atoms with Crippen molar-refractivity contribution in [2.24, 2.45) is 5.73 Å². The van der Waals surface area contributed by atoms with E-state index in [1.807, 2.05) is 0 Å². The zero-order valence-electron chi connectivity index (χ0n) is 10.1. The number of benzene rings is 1. The van der Waals surface area contributed by atoms with Gasteiger partial charge >= 0.3 is 0 Å². The first-order chi connectivity index (χ1) is 8.22. The van der Waals surface area contributed by atoms with E-state index in [2.05, 4.69) is 0 Å². The minimum Gasteiger partial charge on any atom is -0.497 e. The summed E-state index contributed by atoms with van der Waals surface area (Å²) in [6.07, 6.45) is 0. The summed E-state index contributed by atoms with van der Waals surface area (Å²) in [6, 6.07) is 5.03. The molecule has 5 heteroatoms. The molecule has 0 unspecified atom stereocenters. The molecule has 0 saturated heterocycles. The topological polar surface area (TPSA) is 70.8 Å². The van der Waals surface area contributed by atoms with Crippen LogP contribution < -0.4 is 15.2 Å². The Hall–Kier alpha value is -1.59.